The van der Waals surface area contributed by atoms with Crippen molar-refractivity contribution in [2.45, 2.75) is 50.7 Å². The molecule has 3 aromatic carbocycles. The van der Waals surface area contributed by atoms with Crippen molar-refractivity contribution in [1.29, 1.82) is 0 Å². The molecule has 5 rings (SSSR count). The Kier molecular flexibility index (Phi) is 8.40. The summed E-state index contributed by atoms with van der Waals surface area (Å²) in [6.07, 6.45) is 0.268. The molecule has 0 radical (unpaired) electrons. The van der Waals surface area contributed by atoms with Crippen LogP contribution in [-0.4, -0.2) is 70.7 Å². The van der Waals surface area contributed by atoms with Crippen LogP contribution < -0.4 is 5.32 Å². The van der Waals surface area contributed by atoms with E-state index in [1.54, 1.807) is 0 Å². The van der Waals surface area contributed by atoms with Crippen molar-refractivity contribution in [2.24, 2.45) is 0 Å². The molecular weight excluding hydrogens is 518 g/mol. The first-order chi connectivity index (χ1) is 19.8. The predicted octanol–water partition coefficient (Wildman–Crippen LogP) is 4.88. The number of hydrogen-bond donors (Lipinski definition) is 2. The molecule has 1 heterocycles. The molecule has 2 N–H and O–H groups in total. The summed E-state index contributed by atoms with van der Waals surface area (Å²) in [5.41, 5.74) is 4.28. The maximum absolute atomic E-state index is 14.1. The molecule has 2 atom stereocenters. The molecule has 1 saturated heterocycles. The molecule has 41 heavy (non-hydrogen) atoms. The summed E-state index contributed by atoms with van der Waals surface area (Å²) in [4.78, 5) is 42.7. The largest absolute Gasteiger partial charge is 0.480 e. The minimum Gasteiger partial charge on any atom is -0.480 e. The van der Waals surface area contributed by atoms with Gasteiger partial charge in [0.05, 0.1) is 0 Å². The SMILES string of the molecule is CCC(C)N(CC(=O)O)C(=O)C1(NC(=O)OCC2c3ccccc3-c3ccccc32)CCN(Cc2ccccc2)C1. The first-order valence-corrected chi connectivity index (χ1v) is 14.2. The third kappa shape index (κ3) is 5.98. The van der Waals surface area contributed by atoms with E-state index < -0.39 is 30.1 Å². The van der Waals surface area contributed by atoms with Gasteiger partial charge < -0.3 is 20.1 Å². The number of carbonyl (C=O) groups is 3. The average Bonchev–Trinajstić information content (AvgIpc) is 3.53. The van der Waals surface area contributed by atoms with Gasteiger partial charge in [-0.15, -0.1) is 0 Å². The van der Waals surface area contributed by atoms with Crippen LogP contribution in [0.1, 0.15) is 49.3 Å². The Labute approximate surface area is 240 Å². The van der Waals surface area contributed by atoms with Crippen molar-refractivity contribution in [3.63, 3.8) is 0 Å². The lowest BCUT2D eigenvalue weighted by molar-refractivity contribution is -0.149. The number of rotatable bonds is 10. The summed E-state index contributed by atoms with van der Waals surface area (Å²) < 4.78 is 5.82. The van der Waals surface area contributed by atoms with Gasteiger partial charge in [-0.25, -0.2) is 4.79 Å². The van der Waals surface area contributed by atoms with Gasteiger partial charge in [0.1, 0.15) is 18.7 Å². The number of nitrogens with zero attached hydrogens (tertiary/aromatic N) is 2. The highest BCUT2D eigenvalue weighted by molar-refractivity contribution is 5.93. The van der Waals surface area contributed by atoms with Gasteiger partial charge in [-0.05, 0) is 47.6 Å². The third-order valence-electron chi connectivity index (χ3n) is 8.38. The lowest BCUT2D eigenvalue weighted by atomic mass is 9.95. The number of likely N-dealkylation sites (tertiary alicyclic amines) is 1. The number of hydrogen-bond acceptors (Lipinski definition) is 5. The number of amides is 2. The first kappa shape index (κ1) is 28.4. The van der Waals surface area contributed by atoms with Crippen LogP contribution in [-0.2, 0) is 20.9 Å². The summed E-state index contributed by atoms with van der Waals surface area (Å²) >= 11 is 0. The highest BCUT2D eigenvalue weighted by Gasteiger charge is 2.49. The highest BCUT2D eigenvalue weighted by atomic mass is 16.5. The van der Waals surface area contributed by atoms with Crippen LogP contribution in [0.5, 0.6) is 0 Å². The molecule has 1 aliphatic heterocycles. The second-order valence-corrected chi connectivity index (χ2v) is 11.1. The van der Waals surface area contributed by atoms with E-state index in [2.05, 4.69) is 34.5 Å². The van der Waals surface area contributed by atoms with Gasteiger partial charge in [0, 0.05) is 31.6 Å². The third-order valence-corrected chi connectivity index (χ3v) is 8.38. The Morgan fingerprint density at radius 3 is 2.22 bits per heavy atom. The van der Waals surface area contributed by atoms with E-state index >= 15 is 0 Å². The molecule has 8 heteroatoms. The monoisotopic (exact) mass is 555 g/mol. The van der Waals surface area contributed by atoms with Crippen LogP contribution in [0.3, 0.4) is 0 Å². The lowest BCUT2D eigenvalue weighted by Crippen LogP contribution is -2.63. The first-order valence-electron chi connectivity index (χ1n) is 14.2. The van der Waals surface area contributed by atoms with Crippen molar-refractivity contribution in [1.82, 2.24) is 15.1 Å². The average molecular weight is 556 g/mol. The van der Waals surface area contributed by atoms with Gasteiger partial charge in [0.2, 0.25) is 0 Å². The topological polar surface area (TPSA) is 99.2 Å². The number of aliphatic carboxylic acids is 1. The molecule has 214 valence electrons. The Bertz CT molecular complexity index is 1370. The second kappa shape index (κ2) is 12.1. The maximum Gasteiger partial charge on any atom is 0.408 e. The van der Waals surface area contributed by atoms with Crippen molar-refractivity contribution in [3.8, 4) is 11.1 Å². The van der Waals surface area contributed by atoms with Crippen LogP contribution in [0.4, 0.5) is 4.79 Å². The zero-order valence-electron chi connectivity index (χ0n) is 23.6. The second-order valence-electron chi connectivity index (χ2n) is 11.1. The van der Waals surface area contributed by atoms with Crippen LogP contribution in [0, 0.1) is 0 Å². The van der Waals surface area contributed by atoms with Crippen molar-refractivity contribution in [3.05, 3.63) is 95.6 Å². The number of ether oxygens (including phenoxy) is 1. The minimum atomic E-state index is -1.30. The quantitative estimate of drug-likeness (QED) is 0.370. The van der Waals surface area contributed by atoms with Crippen molar-refractivity contribution < 1.29 is 24.2 Å². The van der Waals surface area contributed by atoms with Gasteiger partial charge in [-0.1, -0.05) is 85.8 Å². The number of carbonyl (C=O) groups excluding carboxylic acids is 2. The van der Waals surface area contributed by atoms with Gasteiger partial charge in [0.15, 0.2) is 0 Å². The van der Waals surface area contributed by atoms with E-state index in [1.165, 1.54) is 4.90 Å². The summed E-state index contributed by atoms with van der Waals surface area (Å²) in [5, 5.41) is 12.5. The number of benzene rings is 3. The number of nitrogens with one attached hydrogen (secondary N) is 1. The molecule has 0 spiro atoms. The molecule has 2 unspecified atom stereocenters. The molecule has 0 bridgehead atoms. The van der Waals surface area contributed by atoms with Crippen LogP contribution in [0.2, 0.25) is 0 Å². The van der Waals surface area contributed by atoms with Gasteiger partial charge in [0.25, 0.3) is 5.91 Å². The van der Waals surface area contributed by atoms with E-state index in [0.717, 1.165) is 27.8 Å². The fourth-order valence-corrected chi connectivity index (χ4v) is 6.09. The number of carboxylic acid groups (broad SMARTS) is 1. The number of carboxylic acids is 1. The molecule has 2 amide bonds. The molecule has 1 aliphatic carbocycles. The molecule has 8 nitrogen and oxygen atoms in total. The zero-order valence-corrected chi connectivity index (χ0v) is 23.6. The Balaban J connectivity index is 1.36. The van der Waals surface area contributed by atoms with E-state index in [1.807, 2.05) is 68.4 Å². The van der Waals surface area contributed by atoms with E-state index in [-0.39, 0.29) is 25.1 Å². The Hall–Kier alpha value is -4.17. The lowest BCUT2D eigenvalue weighted by Gasteiger charge is -2.37. The normalized spacial score (nSPS) is 18.8. The molecule has 1 fully saturated rings. The highest BCUT2D eigenvalue weighted by Crippen LogP contribution is 2.44. The van der Waals surface area contributed by atoms with Crippen molar-refractivity contribution >= 4 is 18.0 Å². The summed E-state index contributed by atoms with van der Waals surface area (Å²) in [6, 6.07) is 25.9. The molecule has 0 aromatic heterocycles. The molecular formula is C33H37N3O5. The summed E-state index contributed by atoms with van der Waals surface area (Å²) in [6.45, 7) is 4.89. The predicted molar refractivity (Wildman–Crippen MR) is 156 cm³/mol. The Morgan fingerprint density at radius 1 is 1.00 bits per heavy atom. The number of alkyl carbamates (subject to hydrolysis) is 1. The van der Waals surface area contributed by atoms with Crippen LogP contribution in [0.25, 0.3) is 11.1 Å². The van der Waals surface area contributed by atoms with E-state index in [0.29, 0.717) is 25.9 Å². The zero-order chi connectivity index (χ0) is 29.0. The summed E-state index contributed by atoms with van der Waals surface area (Å²) in [5.74, 6) is -1.59. The fraction of sp³-hybridized carbons (Fsp3) is 0.364. The van der Waals surface area contributed by atoms with E-state index in [4.69, 9.17) is 4.74 Å². The summed E-state index contributed by atoms with van der Waals surface area (Å²) in [7, 11) is 0. The standard InChI is InChI=1S/C33H37N3O5/c1-3-23(2)36(20-30(37)38)31(39)33(17-18-35(22-33)19-24-11-5-4-6-12-24)34-32(40)41-21-29-27-15-9-7-13-25(27)26-14-8-10-16-28(26)29/h4-16,23,29H,3,17-22H2,1-2H3,(H,34,40)(H,37,38). The van der Waals surface area contributed by atoms with Crippen LogP contribution in [0.15, 0.2) is 78.9 Å². The van der Waals surface area contributed by atoms with Gasteiger partial charge in [-0.3, -0.25) is 14.5 Å². The fourth-order valence-electron chi connectivity index (χ4n) is 6.09. The Morgan fingerprint density at radius 2 is 1.61 bits per heavy atom. The molecule has 0 saturated carbocycles. The van der Waals surface area contributed by atoms with Crippen molar-refractivity contribution in [2.75, 3.05) is 26.2 Å². The van der Waals surface area contributed by atoms with Gasteiger partial charge >= 0.3 is 12.1 Å². The molecule has 3 aromatic rings. The molecule has 2 aliphatic rings. The maximum atomic E-state index is 14.1. The van der Waals surface area contributed by atoms with Gasteiger partial charge in [-0.2, -0.15) is 0 Å². The van der Waals surface area contributed by atoms with Crippen LogP contribution >= 0.6 is 0 Å². The number of fused-ring (bicyclic) bond motifs is 3. The van der Waals surface area contributed by atoms with E-state index in [9.17, 15) is 19.5 Å². The smallest absolute Gasteiger partial charge is 0.408 e. The minimum absolute atomic E-state index is 0.110.